The highest BCUT2D eigenvalue weighted by Crippen LogP contribution is 2.15. The first-order valence-electron chi connectivity index (χ1n) is 8.78. The SMILES string of the molecule is C=C1CN(Cc2ccsc2)CCNCC(=C)N(Cc2ccccc2)C1. The molecule has 1 N–H and O–H groups in total. The molecule has 3 nitrogen and oxygen atoms in total. The number of hydrogen-bond donors (Lipinski definition) is 1. The molecule has 25 heavy (non-hydrogen) atoms. The van der Waals surface area contributed by atoms with Gasteiger partial charge in [0.2, 0.25) is 0 Å². The molecule has 0 unspecified atom stereocenters. The average Bonchev–Trinajstić information content (AvgIpc) is 3.11. The molecule has 0 bridgehead atoms. The summed E-state index contributed by atoms with van der Waals surface area (Å²) in [6, 6.07) is 12.8. The molecule has 2 aromatic rings. The zero-order valence-corrected chi connectivity index (χ0v) is 15.6. The first-order valence-corrected chi connectivity index (χ1v) is 9.72. The van der Waals surface area contributed by atoms with Crippen molar-refractivity contribution in [1.29, 1.82) is 0 Å². The van der Waals surface area contributed by atoms with E-state index in [1.54, 1.807) is 11.3 Å². The van der Waals surface area contributed by atoms with Crippen LogP contribution in [0.5, 0.6) is 0 Å². The van der Waals surface area contributed by atoms with E-state index in [1.165, 1.54) is 16.7 Å². The lowest BCUT2D eigenvalue weighted by atomic mass is 10.1. The van der Waals surface area contributed by atoms with Crippen molar-refractivity contribution >= 4 is 11.3 Å². The molecule has 0 aliphatic carbocycles. The van der Waals surface area contributed by atoms with Crippen molar-refractivity contribution in [3.63, 3.8) is 0 Å². The smallest absolute Gasteiger partial charge is 0.0430 e. The summed E-state index contributed by atoms with van der Waals surface area (Å²) >= 11 is 1.76. The summed E-state index contributed by atoms with van der Waals surface area (Å²) in [5, 5.41) is 7.92. The van der Waals surface area contributed by atoms with Crippen LogP contribution < -0.4 is 5.32 Å². The molecule has 1 fully saturated rings. The molecule has 0 spiro atoms. The number of rotatable bonds is 4. The van der Waals surface area contributed by atoms with Crippen molar-refractivity contribution in [3.05, 3.63) is 82.7 Å². The Kier molecular flexibility index (Phi) is 6.45. The van der Waals surface area contributed by atoms with Crippen LogP contribution in [0, 0.1) is 0 Å². The Labute approximate surface area is 155 Å². The maximum absolute atomic E-state index is 4.35. The molecule has 1 aromatic carbocycles. The predicted octanol–water partition coefficient (Wildman–Crippen LogP) is 3.73. The third-order valence-corrected chi connectivity index (χ3v) is 5.18. The van der Waals surface area contributed by atoms with Gasteiger partial charge in [-0.25, -0.2) is 0 Å². The zero-order valence-electron chi connectivity index (χ0n) is 14.8. The minimum Gasteiger partial charge on any atom is -0.366 e. The van der Waals surface area contributed by atoms with Gasteiger partial charge >= 0.3 is 0 Å². The van der Waals surface area contributed by atoms with E-state index in [2.05, 4.69) is 75.4 Å². The summed E-state index contributed by atoms with van der Waals surface area (Å²) in [6.07, 6.45) is 0. The molecule has 1 saturated heterocycles. The van der Waals surface area contributed by atoms with Gasteiger partial charge in [-0.1, -0.05) is 43.5 Å². The summed E-state index contributed by atoms with van der Waals surface area (Å²) < 4.78 is 0. The summed E-state index contributed by atoms with van der Waals surface area (Å²) in [6.45, 7) is 15.1. The van der Waals surface area contributed by atoms with Gasteiger partial charge in [0, 0.05) is 51.5 Å². The summed E-state index contributed by atoms with van der Waals surface area (Å²) in [5.41, 5.74) is 5.08. The fourth-order valence-electron chi connectivity index (χ4n) is 3.16. The largest absolute Gasteiger partial charge is 0.366 e. The Hall–Kier alpha value is -1.88. The van der Waals surface area contributed by atoms with Gasteiger partial charge in [0.25, 0.3) is 0 Å². The molecule has 1 aliphatic heterocycles. The van der Waals surface area contributed by atoms with Crippen LogP contribution in [0.15, 0.2) is 71.6 Å². The van der Waals surface area contributed by atoms with E-state index in [0.717, 1.165) is 51.5 Å². The first kappa shape index (κ1) is 17.9. The Balaban J connectivity index is 1.65. The van der Waals surface area contributed by atoms with Gasteiger partial charge < -0.3 is 10.2 Å². The van der Waals surface area contributed by atoms with Crippen molar-refractivity contribution in [3.8, 4) is 0 Å². The molecule has 4 heteroatoms. The zero-order chi connectivity index (χ0) is 17.5. The van der Waals surface area contributed by atoms with Gasteiger partial charge in [0.1, 0.15) is 0 Å². The van der Waals surface area contributed by atoms with Crippen molar-refractivity contribution in [2.75, 3.05) is 32.7 Å². The minimum absolute atomic E-state index is 0.826. The quantitative estimate of drug-likeness (QED) is 0.845. The lowest BCUT2D eigenvalue weighted by Gasteiger charge is -2.32. The first-order chi connectivity index (χ1) is 12.2. The van der Waals surface area contributed by atoms with Gasteiger partial charge in [-0.05, 0) is 33.5 Å². The fraction of sp³-hybridized carbons (Fsp3) is 0.333. The van der Waals surface area contributed by atoms with Crippen LogP contribution in [0.1, 0.15) is 11.1 Å². The van der Waals surface area contributed by atoms with Crippen LogP contribution in [0.25, 0.3) is 0 Å². The van der Waals surface area contributed by atoms with E-state index in [-0.39, 0.29) is 0 Å². The van der Waals surface area contributed by atoms with Gasteiger partial charge in [0.15, 0.2) is 0 Å². The monoisotopic (exact) mass is 353 g/mol. The minimum atomic E-state index is 0.826. The Morgan fingerprint density at radius 1 is 1.00 bits per heavy atom. The molecule has 1 aromatic heterocycles. The molecule has 0 atom stereocenters. The highest BCUT2D eigenvalue weighted by molar-refractivity contribution is 7.07. The van der Waals surface area contributed by atoms with Crippen LogP contribution in [0.4, 0.5) is 0 Å². The van der Waals surface area contributed by atoms with Gasteiger partial charge in [-0.2, -0.15) is 11.3 Å². The number of nitrogens with zero attached hydrogens (tertiary/aromatic N) is 2. The lowest BCUT2D eigenvalue weighted by Crippen LogP contribution is -2.39. The van der Waals surface area contributed by atoms with Gasteiger partial charge in [0.05, 0.1) is 0 Å². The number of hydrogen-bond acceptors (Lipinski definition) is 4. The van der Waals surface area contributed by atoms with Crippen LogP contribution >= 0.6 is 11.3 Å². The molecule has 0 amide bonds. The topological polar surface area (TPSA) is 18.5 Å². The van der Waals surface area contributed by atoms with E-state index >= 15 is 0 Å². The second-order valence-electron chi connectivity index (χ2n) is 6.68. The molecular formula is C21H27N3S. The second kappa shape index (κ2) is 8.99. The summed E-state index contributed by atoms with van der Waals surface area (Å²) in [4.78, 5) is 4.82. The van der Waals surface area contributed by atoms with Gasteiger partial charge in [-0.3, -0.25) is 4.90 Å². The number of thiophene rings is 1. The Morgan fingerprint density at radius 3 is 2.60 bits per heavy atom. The third-order valence-electron chi connectivity index (χ3n) is 4.45. The van der Waals surface area contributed by atoms with Crippen molar-refractivity contribution in [2.24, 2.45) is 0 Å². The highest BCUT2D eigenvalue weighted by atomic mass is 32.1. The van der Waals surface area contributed by atoms with E-state index in [0.29, 0.717) is 0 Å². The maximum atomic E-state index is 4.35. The predicted molar refractivity (Wildman–Crippen MR) is 108 cm³/mol. The van der Waals surface area contributed by atoms with E-state index in [1.807, 2.05) is 0 Å². The van der Waals surface area contributed by atoms with E-state index < -0.39 is 0 Å². The number of nitrogens with one attached hydrogen (secondary N) is 1. The lowest BCUT2D eigenvalue weighted by molar-refractivity contribution is 0.262. The summed E-state index contributed by atoms with van der Waals surface area (Å²) in [7, 11) is 0. The van der Waals surface area contributed by atoms with Crippen molar-refractivity contribution < 1.29 is 0 Å². The van der Waals surface area contributed by atoms with Crippen LogP contribution in [0.3, 0.4) is 0 Å². The third kappa shape index (κ3) is 5.56. The highest BCUT2D eigenvalue weighted by Gasteiger charge is 2.15. The van der Waals surface area contributed by atoms with Gasteiger partial charge in [-0.15, -0.1) is 0 Å². The standard InChI is InChI=1S/C21H27N3S/c1-18-13-23(15-21-8-11-25-17-21)10-9-22-12-19(2)24(14-18)16-20-6-4-3-5-7-20/h3-8,11,17,22H,1-2,9-10,12-16H2. The average molecular weight is 354 g/mol. The van der Waals surface area contributed by atoms with E-state index in [4.69, 9.17) is 0 Å². The number of benzene rings is 1. The maximum Gasteiger partial charge on any atom is 0.0430 e. The molecule has 132 valence electrons. The molecule has 1 aliphatic rings. The Morgan fingerprint density at radius 2 is 1.84 bits per heavy atom. The van der Waals surface area contributed by atoms with Crippen LogP contribution in [0.2, 0.25) is 0 Å². The molecule has 3 rings (SSSR count). The Bertz CT molecular complexity index is 678. The van der Waals surface area contributed by atoms with Crippen LogP contribution in [-0.2, 0) is 13.1 Å². The molecule has 0 saturated carbocycles. The molecule has 0 radical (unpaired) electrons. The van der Waals surface area contributed by atoms with Crippen LogP contribution in [-0.4, -0.2) is 42.5 Å². The summed E-state index contributed by atoms with van der Waals surface area (Å²) in [5.74, 6) is 0. The molecule has 2 heterocycles. The normalized spacial score (nSPS) is 17.7. The van der Waals surface area contributed by atoms with E-state index in [9.17, 15) is 0 Å². The molecular weight excluding hydrogens is 326 g/mol. The van der Waals surface area contributed by atoms with Crippen molar-refractivity contribution in [1.82, 2.24) is 15.1 Å². The van der Waals surface area contributed by atoms with Crippen molar-refractivity contribution in [2.45, 2.75) is 13.1 Å². The fourth-order valence-corrected chi connectivity index (χ4v) is 3.82. The second-order valence-corrected chi connectivity index (χ2v) is 7.46.